The summed E-state index contributed by atoms with van der Waals surface area (Å²) < 4.78 is 4.95. The molecule has 0 bridgehead atoms. The molecule has 0 heterocycles. The Morgan fingerprint density at radius 3 is 2.71 bits per heavy atom. The van der Waals surface area contributed by atoms with Crippen molar-refractivity contribution in [3.63, 3.8) is 0 Å². The number of anilines is 1. The third-order valence-electron chi connectivity index (χ3n) is 2.42. The lowest BCUT2D eigenvalue weighted by atomic mass is 10.0. The zero-order valence-electron chi connectivity index (χ0n) is 10.6. The summed E-state index contributed by atoms with van der Waals surface area (Å²) in [4.78, 5) is 0. The molecule has 2 N–H and O–H groups in total. The minimum absolute atomic E-state index is 0.473. The molecule has 0 fully saturated rings. The molecule has 0 amide bonds. The van der Waals surface area contributed by atoms with Gasteiger partial charge >= 0.3 is 0 Å². The van der Waals surface area contributed by atoms with Gasteiger partial charge in [0.05, 0.1) is 6.61 Å². The lowest BCUT2D eigenvalue weighted by Crippen LogP contribution is -2.31. The number of thiocarbonyl (C=S) groups is 1. The molecule has 1 aromatic rings. The van der Waals surface area contributed by atoms with Gasteiger partial charge in [-0.15, -0.1) is 0 Å². The largest absolute Gasteiger partial charge is 0.383 e. The van der Waals surface area contributed by atoms with Gasteiger partial charge in [-0.1, -0.05) is 32.0 Å². The van der Waals surface area contributed by atoms with Gasteiger partial charge in [-0.2, -0.15) is 0 Å². The van der Waals surface area contributed by atoms with E-state index in [4.69, 9.17) is 17.0 Å². The quantitative estimate of drug-likeness (QED) is 0.623. The zero-order valence-corrected chi connectivity index (χ0v) is 11.4. The summed E-state index contributed by atoms with van der Waals surface area (Å²) in [6, 6.07) is 8.21. The summed E-state index contributed by atoms with van der Waals surface area (Å²) in [5.41, 5.74) is 2.33. The minimum atomic E-state index is 0.473. The minimum Gasteiger partial charge on any atom is -0.383 e. The Bertz CT molecular complexity index is 366. The Balaban J connectivity index is 2.58. The number of ether oxygens (including phenoxy) is 1. The molecule has 3 nitrogen and oxygen atoms in total. The van der Waals surface area contributed by atoms with Crippen molar-refractivity contribution in [3.8, 4) is 0 Å². The summed E-state index contributed by atoms with van der Waals surface area (Å²) in [6.07, 6.45) is 0. The smallest absolute Gasteiger partial charge is 0.170 e. The molecule has 0 saturated carbocycles. The molecule has 0 aliphatic rings. The molecule has 0 radical (unpaired) electrons. The predicted octanol–water partition coefficient (Wildman–Crippen LogP) is 2.74. The van der Waals surface area contributed by atoms with Gasteiger partial charge in [0, 0.05) is 19.3 Å². The van der Waals surface area contributed by atoms with Crippen LogP contribution in [0.5, 0.6) is 0 Å². The highest BCUT2D eigenvalue weighted by molar-refractivity contribution is 7.80. The first-order chi connectivity index (χ1) is 8.15. The fraction of sp³-hybridized carbons (Fsp3) is 0.462. The van der Waals surface area contributed by atoms with Gasteiger partial charge in [-0.05, 0) is 29.8 Å². The number of hydrogen-bond acceptors (Lipinski definition) is 2. The van der Waals surface area contributed by atoms with Crippen LogP contribution in [0.2, 0.25) is 0 Å². The molecule has 17 heavy (non-hydrogen) atoms. The number of nitrogens with one attached hydrogen (secondary N) is 2. The second-order valence-electron chi connectivity index (χ2n) is 4.12. The fourth-order valence-electron chi connectivity index (χ4n) is 1.55. The number of para-hydroxylation sites is 1. The molecule has 0 aliphatic carbocycles. The van der Waals surface area contributed by atoms with Crippen LogP contribution in [0.1, 0.15) is 25.3 Å². The molecule has 0 saturated heterocycles. The molecule has 94 valence electrons. The monoisotopic (exact) mass is 252 g/mol. The summed E-state index contributed by atoms with van der Waals surface area (Å²) in [7, 11) is 1.67. The summed E-state index contributed by atoms with van der Waals surface area (Å²) in [6.45, 7) is 5.70. The summed E-state index contributed by atoms with van der Waals surface area (Å²) in [5.74, 6) is 0.473. The predicted molar refractivity (Wildman–Crippen MR) is 76.6 cm³/mol. The van der Waals surface area contributed by atoms with Crippen molar-refractivity contribution in [2.75, 3.05) is 25.6 Å². The van der Waals surface area contributed by atoms with Crippen LogP contribution in [-0.4, -0.2) is 25.4 Å². The lowest BCUT2D eigenvalue weighted by molar-refractivity contribution is 0.204. The highest BCUT2D eigenvalue weighted by atomic mass is 32.1. The molecule has 4 heteroatoms. The third-order valence-corrected chi connectivity index (χ3v) is 2.67. The Morgan fingerprint density at radius 1 is 1.35 bits per heavy atom. The molecule has 0 spiro atoms. The molecule has 0 atom stereocenters. The van der Waals surface area contributed by atoms with Crippen molar-refractivity contribution in [2.24, 2.45) is 0 Å². The van der Waals surface area contributed by atoms with Gasteiger partial charge < -0.3 is 15.4 Å². The van der Waals surface area contributed by atoms with E-state index in [2.05, 4.69) is 30.5 Å². The highest BCUT2D eigenvalue weighted by Crippen LogP contribution is 2.23. The van der Waals surface area contributed by atoms with Crippen LogP contribution in [0.25, 0.3) is 0 Å². The SMILES string of the molecule is COCCNC(=S)Nc1ccccc1C(C)C. The Morgan fingerprint density at radius 2 is 2.06 bits per heavy atom. The Kier molecular flexibility index (Phi) is 5.94. The third kappa shape index (κ3) is 4.71. The van der Waals surface area contributed by atoms with E-state index in [0.717, 1.165) is 5.69 Å². The van der Waals surface area contributed by atoms with E-state index in [1.165, 1.54) is 5.56 Å². The molecular weight excluding hydrogens is 232 g/mol. The molecule has 0 unspecified atom stereocenters. The van der Waals surface area contributed by atoms with Gasteiger partial charge in [0.15, 0.2) is 5.11 Å². The first kappa shape index (κ1) is 13.9. The standard InChI is InChI=1S/C13H20N2OS/c1-10(2)11-6-4-5-7-12(11)15-13(17)14-8-9-16-3/h4-7,10H,8-9H2,1-3H3,(H2,14,15,17). The van der Waals surface area contributed by atoms with Crippen molar-refractivity contribution in [3.05, 3.63) is 29.8 Å². The maximum absolute atomic E-state index is 5.22. The van der Waals surface area contributed by atoms with Crippen LogP contribution in [-0.2, 0) is 4.74 Å². The highest BCUT2D eigenvalue weighted by Gasteiger charge is 2.06. The fourth-order valence-corrected chi connectivity index (χ4v) is 1.76. The lowest BCUT2D eigenvalue weighted by Gasteiger charge is -2.15. The van der Waals surface area contributed by atoms with Crippen molar-refractivity contribution in [2.45, 2.75) is 19.8 Å². The average molecular weight is 252 g/mol. The van der Waals surface area contributed by atoms with E-state index in [0.29, 0.717) is 24.2 Å². The number of methoxy groups -OCH3 is 1. The van der Waals surface area contributed by atoms with E-state index >= 15 is 0 Å². The van der Waals surface area contributed by atoms with Crippen LogP contribution < -0.4 is 10.6 Å². The van der Waals surface area contributed by atoms with Gasteiger partial charge in [0.2, 0.25) is 0 Å². The summed E-state index contributed by atoms with van der Waals surface area (Å²) >= 11 is 5.22. The Hall–Kier alpha value is -1.13. The van der Waals surface area contributed by atoms with Gasteiger partial charge in [-0.25, -0.2) is 0 Å². The molecule has 1 aromatic carbocycles. The number of hydrogen-bond donors (Lipinski definition) is 2. The molecule has 1 rings (SSSR count). The van der Waals surface area contributed by atoms with Gasteiger partial charge in [0.25, 0.3) is 0 Å². The van der Waals surface area contributed by atoms with Crippen LogP contribution in [0.15, 0.2) is 24.3 Å². The Labute approximate surface area is 109 Å². The molecule has 0 aliphatic heterocycles. The molecular formula is C13H20N2OS. The van der Waals surface area contributed by atoms with Crippen LogP contribution in [0, 0.1) is 0 Å². The van der Waals surface area contributed by atoms with Gasteiger partial charge in [-0.3, -0.25) is 0 Å². The summed E-state index contributed by atoms with van der Waals surface area (Å²) in [5, 5.41) is 6.94. The zero-order chi connectivity index (χ0) is 12.7. The van der Waals surface area contributed by atoms with Crippen LogP contribution in [0.4, 0.5) is 5.69 Å². The van der Waals surface area contributed by atoms with Crippen LogP contribution >= 0.6 is 12.2 Å². The maximum Gasteiger partial charge on any atom is 0.170 e. The van der Waals surface area contributed by atoms with Crippen molar-refractivity contribution >= 4 is 23.0 Å². The number of rotatable bonds is 5. The van der Waals surface area contributed by atoms with E-state index in [-0.39, 0.29) is 0 Å². The van der Waals surface area contributed by atoms with Crippen molar-refractivity contribution < 1.29 is 4.74 Å². The van der Waals surface area contributed by atoms with E-state index in [1.54, 1.807) is 7.11 Å². The van der Waals surface area contributed by atoms with Crippen LogP contribution in [0.3, 0.4) is 0 Å². The van der Waals surface area contributed by atoms with Crippen molar-refractivity contribution in [1.29, 1.82) is 0 Å². The van der Waals surface area contributed by atoms with E-state index in [9.17, 15) is 0 Å². The van der Waals surface area contributed by atoms with Crippen molar-refractivity contribution in [1.82, 2.24) is 5.32 Å². The average Bonchev–Trinajstić information content (AvgIpc) is 2.29. The van der Waals surface area contributed by atoms with E-state index in [1.807, 2.05) is 18.2 Å². The second-order valence-corrected chi connectivity index (χ2v) is 4.52. The van der Waals surface area contributed by atoms with Gasteiger partial charge in [0.1, 0.15) is 0 Å². The van der Waals surface area contributed by atoms with E-state index < -0.39 is 0 Å². The first-order valence-electron chi connectivity index (χ1n) is 5.78. The normalized spacial score (nSPS) is 10.4. The topological polar surface area (TPSA) is 33.3 Å². The second kappa shape index (κ2) is 7.25. The first-order valence-corrected chi connectivity index (χ1v) is 6.18. The maximum atomic E-state index is 5.22. The number of benzene rings is 1. The molecule has 0 aromatic heterocycles.